The molecule has 0 saturated heterocycles. The van der Waals surface area contributed by atoms with Crippen LogP contribution in [0.4, 0.5) is 5.82 Å². The first kappa shape index (κ1) is 10.9. The number of nitrogens with two attached hydrogens (primary N) is 1. The molecule has 2 rings (SSSR count). The fraction of sp³-hybridized carbons (Fsp3) is 0.545. The number of carbonyl (C=O) groups is 1. The smallest absolute Gasteiger partial charge is 0.271 e. The number of aromatic nitrogens is 2. The molecule has 5 heteroatoms. The summed E-state index contributed by atoms with van der Waals surface area (Å²) < 4.78 is 0. The lowest BCUT2D eigenvalue weighted by Crippen LogP contribution is -2.27. The highest BCUT2D eigenvalue weighted by Gasteiger charge is 2.45. The summed E-state index contributed by atoms with van der Waals surface area (Å²) in [6.07, 6.45) is 3.94. The van der Waals surface area contributed by atoms with Gasteiger partial charge in [-0.15, -0.1) is 0 Å². The van der Waals surface area contributed by atoms with E-state index in [2.05, 4.69) is 29.1 Å². The van der Waals surface area contributed by atoms with Crippen molar-refractivity contribution in [1.29, 1.82) is 0 Å². The zero-order valence-electron chi connectivity index (χ0n) is 9.53. The van der Waals surface area contributed by atoms with E-state index < -0.39 is 0 Å². The van der Waals surface area contributed by atoms with Crippen LogP contribution in [0.25, 0.3) is 0 Å². The summed E-state index contributed by atoms with van der Waals surface area (Å²) in [7, 11) is 0. The van der Waals surface area contributed by atoms with Crippen molar-refractivity contribution in [3.05, 3.63) is 18.1 Å². The Balaban J connectivity index is 1.87. The van der Waals surface area contributed by atoms with Gasteiger partial charge in [-0.2, -0.15) is 0 Å². The van der Waals surface area contributed by atoms with Crippen LogP contribution in [0.15, 0.2) is 12.4 Å². The number of nitrogens with one attached hydrogen (secondary N) is 1. The normalized spacial score (nSPS) is 21.5. The SMILES string of the molecule is CC1(C)CC1CNC(=O)c1cnc(N)cn1. The lowest BCUT2D eigenvalue weighted by molar-refractivity contribution is 0.0945. The summed E-state index contributed by atoms with van der Waals surface area (Å²) in [5, 5.41) is 2.85. The number of nitrogen functional groups attached to an aromatic ring is 1. The topological polar surface area (TPSA) is 80.9 Å². The Kier molecular flexibility index (Phi) is 2.53. The molecular formula is C11H16N4O. The van der Waals surface area contributed by atoms with Crippen molar-refractivity contribution in [2.45, 2.75) is 20.3 Å². The fourth-order valence-corrected chi connectivity index (χ4v) is 1.69. The van der Waals surface area contributed by atoms with Crippen LogP contribution in [0.1, 0.15) is 30.8 Å². The summed E-state index contributed by atoms with van der Waals surface area (Å²) in [5.41, 5.74) is 6.08. The van der Waals surface area contributed by atoms with Crippen molar-refractivity contribution in [2.75, 3.05) is 12.3 Å². The van der Waals surface area contributed by atoms with Gasteiger partial charge in [0.25, 0.3) is 5.91 Å². The minimum absolute atomic E-state index is 0.185. The fourth-order valence-electron chi connectivity index (χ4n) is 1.69. The molecule has 0 aliphatic heterocycles. The first-order valence-corrected chi connectivity index (χ1v) is 5.35. The molecule has 3 N–H and O–H groups in total. The van der Waals surface area contributed by atoms with Gasteiger partial charge in [0.2, 0.25) is 0 Å². The molecule has 1 heterocycles. The van der Waals surface area contributed by atoms with Gasteiger partial charge >= 0.3 is 0 Å². The summed E-state index contributed by atoms with van der Waals surface area (Å²) in [6, 6.07) is 0. The predicted octanol–water partition coefficient (Wildman–Crippen LogP) is 0.835. The number of rotatable bonds is 3. The Hall–Kier alpha value is -1.65. The highest BCUT2D eigenvalue weighted by molar-refractivity contribution is 5.91. The minimum Gasteiger partial charge on any atom is -0.382 e. The number of amides is 1. The lowest BCUT2D eigenvalue weighted by atomic mass is 10.1. The Bertz CT molecular complexity index is 399. The van der Waals surface area contributed by atoms with E-state index in [0.29, 0.717) is 29.4 Å². The summed E-state index contributed by atoms with van der Waals surface area (Å²) in [5.74, 6) is 0.716. The molecule has 1 aromatic rings. The third-order valence-corrected chi connectivity index (χ3v) is 3.13. The van der Waals surface area contributed by atoms with Gasteiger partial charge in [-0.25, -0.2) is 9.97 Å². The largest absolute Gasteiger partial charge is 0.382 e. The molecule has 1 unspecified atom stereocenters. The van der Waals surface area contributed by atoms with Crippen LogP contribution in [-0.2, 0) is 0 Å². The highest BCUT2D eigenvalue weighted by Crippen LogP contribution is 2.50. The molecule has 1 amide bonds. The van der Waals surface area contributed by atoms with Gasteiger partial charge in [0, 0.05) is 6.54 Å². The first-order valence-electron chi connectivity index (χ1n) is 5.35. The maximum atomic E-state index is 11.6. The number of anilines is 1. The molecule has 1 aromatic heterocycles. The van der Waals surface area contributed by atoms with Gasteiger partial charge in [0.05, 0.1) is 12.4 Å². The van der Waals surface area contributed by atoms with Crippen molar-refractivity contribution in [3.8, 4) is 0 Å². The number of hydrogen-bond donors (Lipinski definition) is 2. The van der Waals surface area contributed by atoms with E-state index in [9.17, 15) is 4.79 Å². The van der Waals surface area contributed by atoms with Crippen molar-refractivity contribution in [3.63, 3.8) is 0 Å². The van der Waals surface area contributed by atoms with Crippen LogP contribution in [0.2, 0.25) is 0 Å². The van der Waals surface area contributed by atoms with Crippen LogP contribution >= 0.6 is 0 Å². The zero-order valence-corrected chi connectivity index (χ0v) is 9.53. The second-order valence-corrected chi connectivity index (χ2v) is 4.93. The second-order valence-electron chi connectivity index (χ2n) is 4.93. The Labute approximate surface area is 94.5 Å². The van der Waals surface area contributed by atoms with Gasteiger partial charge in [0.15, 0.2) is 0 Å². The summed E-state index contributed by atoms with van der Waals surface area (Å²) in [4.78, 5) is 19.4. The molecule has 0 bridgehead atoms. The van der Waals surface area contributed by atoms with Crippen molar-refractivity contribution in [1.82, 2.24) is 15.3 Å². The van der Waals surface area contributed by atoms with E-state index in [4.69, 9.17) is 5.73 Å². The van der Waals surface area contributed by atoms with Gasteiger partial charge in [-0.1, -0.05) is 13.8 Å². The highest BCUT2D eigenvalue weighted by atomic mass is 16.1. The second kappa shape index (κ2) is 3.73. The predicted molar refractivity (Wildman–Crippen MR) is 60.7 cm³/mol. The average molecular weight is 220 g/mol. The lowest BCUT2D eigenvalue weighted by Gasteiger charge is -2.05. The first-order chi connectivity index (χ1) is 7.49. The standard InChI is InChI=1S/C11H16N4O/c1-11(2)3-7(11)4-15-10(16)8-5-14-9(12)6-13-8/h5-7H,3-4H2,1-2H3,(H2,12,14)(H,15,16). The van der Waals surface area contributed by atoms with Gasteiger partial charge in [-0.3, -0.25) is 4.79 Å². The molecule has 1 atom stereocenters. The van der Waals surface area contributed by atoms with Crippen molar-refractivity contribution < 1.29 is 4.79 Å². The average Bonchev–Trinajstić information content (AvgIpc) is 2.84. The Morgan fingerprint density at radius 1 is 1.56 bits per heavy atom. The van der Waals surface area contributed by atoms with Gasteiger partial charge in [-0.05, 0) is 17.8 Å². The van der Waals surface area contributed by atoms with E-state index in [0.717, 1.165) is 0 Å². The molecular weight excluding hydrogens is 204 g/mol. The van der Waals surface area contributed by atoms with Crippen LogP contribution in [-0.4, -0.2) is 22.4 Å². The quantitative estimate of drug-likeness (QED) is 0.790. The van der Waals surface area contributed by atoms with Gasteiger partial charge < -0.3 is 11.1 Å². The molecule has 0 spiro atoms. The van der Waals surface area contributed by atoms with Gasteiger partial charge in [0.1, 0.15) is 11.5 Å². The molecule has 16 heavy (non-hydrogen) atoms. The van der Waals surface area contributed by atoms with Crippen molar-refractivity contribution in [2.24, 2.45) is 11.3 Å². The van der Waals surface area contributed by atoms with E-state index in [1.54, 1.807) is 0 Å². The van der Waals surface area contributed by atoms with E-state index in [1.807, 2.05) is 0 Å². The van der Waals surface area contributed by atoms with Crippen molar-refractivity contribution >= 4 is 11.7 Å². The summed E-state index contributed by atoms with van der Waals surface area (Å²) in [6.45, 7) is 5.11. The monoisotopic (exact) mass is 220 g/mol. The van der Waals surface area contributed by atoms with E-state index >= 15 is 0 Å². The number of hydrogen-bond acceptors (Lipinski definition) is 4. The third kappa shape index (κ3) is 2.29. The van der Waals surface area contributed by atoms with Crippen LogP contribution in [0, 0.1) is 11.3 Å². The zero-order chi connectivity index (χ0) is 11.8. The van der Waals surface area contributed by atoms with E-state index in [-0.39, 0.29) is 5.91 Å². The molecule has 1 aliphatic carbocycles. The number of carbonyl (C=O) groups excluding carboxylic acids is 1. The van der Waals surface area contributed by atoms with Crippen LogP contribution in [0.3, 0.4) is 0 Å². The van der Waals surface area contributed by atoms with Crippen LogP contribution in [0.5, 0.6) is 0 Å². The molecule has 1 fully saturated rings. The molecule has 0 aromatic carbocycles. The molecule has 1 aliphatic rings. The Morgan fingerprint density at radius 3 is 2.75 bits per heavy atom. The molecule has 5 nitrogen and oxygen atoms in total. The summed E-state index contributed by atoms with van der Waals surface area (Å²) >= 11 is 0. The third-order valence-electron chi connectivity index (χ3n) is 3.13. The minimum atomic E-state index is -0.185. The van der Waals surface area contributed by atoms with E-state index in [1.165, 1.54) is 18.8 Å². The molecule has 0 radical (unpaired) electrons. The Morgan fingerprint density at radius 2 is 2.25 bits per heavy atom. The molecule has 1 saturated carbocycles. The number of nitrogens with zero attached hydrogens (tertiary/aromatic N) is 2. The maximum absolute atomic E-state index is 11.6. The maximum Gasteiger partial charge on any atom is 0.271 e. The molecule has 86 valence electrons. The van der Waals surface area contributed by atoms with Crippen LogP contribution < -0.4 is 11.1 Å².